The summed E-state index contributed by atoms with van der Waals surface area (Å²) in [6.07, 6.45) is 6.39. The van der Waals surface area contributed by atoms with Crippen molar-refractivity contribution in [2.45, 2.75) is 58.3 Å². The van der Waals surface area contributed by atoms with E-state index in [0.717, 1.165) is 12.8 Å². The third-order valence-electron chi connectivity index (χ3n) is 10.5. The Bertz CT molecular complexity index is 2180. The van der Waals surface area contributed by atoms with Gasteiger partial charge in [0, 0.05) is 27.3 Å². The van der Waals surface area contributed by atoms with Gasteiger partial charge in [-0.1, -0.05) is 113 Å². The molecule has 1 nitrogen and oxygen atoms in total. The summed E-state index contributed by atoms with van der Waals surface area (Å²) in [6.45, 7) is 15.8. The Morgan fingerprint density at radius 2 is 1.34 bits per heavy atom. The smallest absolute Gasteiger partial charge is 0.0588 e. The number of unbranched alkanes of at least 4 members (excludes halogenated alkanes) is 1. The summed E-state index contributed by atoms with van der Waals surface area (Å²) in [5.74, 6) is 0. The minimum atomic E-state index is -0.144. The quantitative estimate of drug-likeness (QED) is 0.144. The molecular weight excluding hydrogens is 530 g/mol. The Morgan fingerprint density at radius 1 is 0.682 bits per heavy atom. The molecule has 0 bridgehead atoms. The SMILES string of the molecule is C=CCC/C=C(\C)c1ccc2c(c1)C(C)(C)c1c-2ccc2c1c1ccc3c(c1n2-c1ccccc1)C(C)(C)c1ccccc1-3. The molecule has 0 fully saturated rings. The van der Waals surface area contributed by atoms with Crippen LogP contribution < -0.4 is 0 Å². The van der Waals surface area contributed by atoms with Gasteiger partial charge in [0.2, 0.25) is 0 Å². The van der Waals surface area contributed by atoms with E-state index in [1.807, 2.05) is 6.08 Å². The highest BCUT2D eigenvalue weighted by atomic mass is 15.0. The topological polar surface area (TPSA) is 4.93 Å². The molecule has 1 heteroatoms. The number of nitrogens with zero attached hydrogens (tertiary/aromatic N) is 1. The molecule has 0 amide bonds. The molecular formula is C43H39N. The van der Waals surface area contributed by atoms with Gasteiger partial charge in [-0.15, -0.1) is 6.58 Å². The first kappa shape index (κ1) is 27.0. The van der Waals surface area contributed by atoms with Crippen LogP contribution in [0.2, 0.25) is 0 Å². The lowest BCUT2D eigenvalue weighted by molar-refractivity contribution is 0.664. The molecule has 216 valence electrons. The van der Waals surface area contributed by atoms with Crippen molar-refractivity contribution in [2.75, 3.05) is 0 Å². The van der Waals surface area contributed by atoms with Crippen molar-refractivity contribution in [3.63, 3.8) is 0 Å². The number of benzene rings is 5. The summed E-state index contributed by atoms with van der Waals surface area (Å²) < 4.78 is 2.55. The number of aromatic nitrogens is 1. The van der Waals surface area contributed by atoms with Crippen LogP contribution in [0.25, 0.3) is 55.3 Å². The van der Waals surface area contributed by atoms with Crippen LogP contribution in [0.5, 0.6) is 0 Å². The molecule has 0 N–H and O–H groups in total. The molecule has 1 aromatic heterocycles. The maximum atomic E-state index is 3.89. The van der Waals surface area contributed by atoms with Crippen LogP contribution in [-0.2, 0) is 10.8 Å². The van der Waals surface area contributed by atoms with E-state index >= 15 is 0 Å². The maximum Gasteiger partial charge on any atom is 0.0588 e. The summed E-state index contributed by atoms with van der Waals surface area (Å²) in [7, 11) is 0. The second-order valence-corrected chi connectivity index (χ2v) is 13.7. The zero-order valence-electron chi connectivity index (χ0n) is 26.5. The highest BCUT2D eigenvalue weighted by Gasteiger charge is 2.41. The average Bonchev–Trinajstić information content (AvgIpc) is 3.58. The first-order valence-corrected chi connectivity index (χ1v) is 16.0. The summed E-state index contributed by atoms with van der Waals surface area (Å²) in [6, 6.07) is 36.6. The zero-order chi connectivity index (χ0) is 30.4. The fourth-order valence-corrected chi connectivity index (χ4v) is 8.38. The van der Waals surface area contributed by atoms with Crippen molar-refractivity contribution in [2.24, 2.45) is 0 Å². The third-order valence-corrected chi connectivity index (χ3v) is 10.5. The second kappa shape index (κ2) is 9.44. The second-order valence-electron chi connectivity index (χ2n) is 13.7. The molecule has 0 saturated heterocycles. The standard InChI is InChI=1S/C43H39N/c1-7-8-10-15-27(2)28-20-21-31-32-24-25-37-38(39(32)43(5,6)36(31)26-28)34-23-22-33-30-18-13-14-19-35(30)42(3,4)40(33)41(34)44(37)29-16-11-9-12-17-29/h7,9,11-26H,1,8,10H2,2-6H3/b27-15+. The lowest BCUT2D eigenvalue weighted by atomic mass is 9.79. The number of para-hydroxylation sites is 1. The van der Waals surface area contributed by atoms with E-state index in [1.165, 1.54) is 83.1 Å². The van der Waals surface area contributed by atoms with Crippen molar-refractivity contribution in [1.29, 1.82) is 0 Å². The Balaban J connectivity index is 1.45. The van der Waals surface area contributed by atoms with Gasteiger partial charge in [-0.3, -0.25) is 0 Å². The van der Waals surface area contributed by atoms with Crippen molar-refractivity contribution in [1.82, 2.24) is 4.57 Å². The third kappa shape index (κ3) is 3.53. The molecule has 0 atom stereocenters. The van der Waals surface area contributed by atoms with E-state index in [4.69, 9.17) is 0 Å². The summed E-state index contributed by atoms with van der Waals surface area (Å²) in [5, 5.41) is 2.74. The summed E-state index contributed by atoms with van der Waals surface area (Å²) in [4.78, 5) is 0. The molecule has 8 rings (SSSR count). The molecule has 6 aromatic rings. The van der Waals surface area contributed by atoms with E-state index in [0.29, 0.717) is 0 Å². The van der Waals surface area contributed by atoms with Gasteiger partial charge in [0.1, 0.15) is 0 Å². The predicted molar refractivity (Wildman–Crippen MR) is 189 cm³/mol. The summed E-state index contributed by atoms with van der Waals surface area (Å²) >= 11 is 0. The number of allylic oxidation sites excluding steroid dienone is 3. The van der Waals surface area contributed by atoms with E-state index in [1.54, 1.807) is 0 Å². The lowest BCUT2D eigenvalue weighted by Gasteiger charge is -2.24. The van der Waals surface area contributed by atoms with Gasteiger partial charge >= 0.3 is 0 Å². The van der Waals surface area contributed by atoms with Crippen LogP contribution in [0.4, 0.5) is 0 Å². The van der Waals surface area contributed by atoms with Crippen molar-refractivity contribution < 1.29 is 0 Å². The minimum Gasteiger partial charge on any atom is -0.309 e. The van der Waals surface area contributed by atoms with Crippen LogP contribution in [0.3, 0.4) is 0 Å². The van der Waals surface area contributed by atoms with E-state index in [9.17, 15) is 0 Å². The number of hydrogen-bond donors (Lipinski definition) is 0. The normalized spacial score (nSPS) is 15.7. The lowest BCUT2D eigenvalue weighted by Crippen LogP contribution is -2.16. The van der Waals surface area contributed by atoms with Crippen molar-refractivity contribution in [3.8, 4) is 27.9 Å². The van der Waals surface area contributed by atoms with Gasteiger partial charge in [-0.2, -0.15) is 0 Å². The summed E-state index contributed by atoms with van der Waals surface area (Å²) in [5.41, 5.74) is 17.4. The fourth-order valence-electron chi connectivity index (χ4n) is 8.38. The van der Waals surface area contributed by atoms with Gasteiger partial charge in [-0.25, -0.2) is 0 Å². The molecule has 2 aliphatic carbocycles. The Labute approximate surface area is 261 Å². The zero-order valence-corrected chi connectivity index (χ0v) is 26.5. The van der Waals surface area contributed by atoms with Crippen molar-refractivity contribution in [3.05, 3.63) is 144 Å². The fraction of sp³-hybridized carbons (Fsp3) is 0.209. The first-order valence-electron chi connectivity index (χ1n) is 16.0. The van der Waals surface area contributed by atoms with Gasteiger partial charge < -0.3 is 4.57 Å². The molecule has 0 spiro atoms. The van der Waals surface area contributed by atoms with Gasteiger partial charge in [-0.05, 0) is 99.7 Å². The molecule has 0 unspecified atom stereocenters. The molecule has 0 saturated carbocycles. The van der Waals surface area contributed by atoms with E-state index in [2.05, 4.69) is 149 Å². The Hall–Kier alpha value is -4.62. The molecule has 0 aliphatic heterocycles. The molecule has 1 heterocycles. The molecule has 2 aliphatic rings. The Kier molecular flexibility index (Phi) is 5.78. The predicted octanol–water partition coefficient (Wildman–Crippen LogP) is 11.8. The highest BCUT2D eigenvalue weighted by Crippen LogP contribution is 2.57. The number of fused-ring (bicyclic) bond motifs is 11. The molecule has 5 aromatic carbocycles. The number of hydrogen-bond acceptors (Lipinski definition) is 0. The maximum absolute atomic E-state index is 3.89. The molecule has 0 radical (unpaired) electrons. The highest BCUT2D eigenvalue weighted by molar-refractivity contribution is 6.17. The average molecular weight is 570 g/mol. The van der Waals surface area contributed by atoms with Gasteiger partial charge in [0.25, 0.3) is 0 Å². The van der Waals surface area contributed by atoms with Crippen LogP contribution in [0.15, 0.2) is 116 Å². The van der Waals surface area contributed by atoms with Crippen LogP contribution >= 0.6 is 0 Å². The van der Waals surface area contributed by atoms with Crippen molar-refractivity contribution >= 4 is 27.4 Å². The van der Waals surface area contributed by atoms with E-state index in [-0.39, 0.29) is 10.8 Å². The molecule has 44 heavy (non-hydrogen) atoms. The van der Waals surface area contributed by atoms with E-state index < -0.39 is 0 Å². The Morgan fingerprint density at radius 3 is 2.14 bits per heavy atom. The minimum absolute atomic E-state index is 0.113. The van der Waals surface area contributed by atoms with Crippen LogP contribution in [-0.4, -0.2) is 4.57 Å². The monoisotopic (exact) mass is 569 g/mol. The first-order chi connectivity index (χ1) is 21.2. The van der Waals surface area contributed by atoms with Crippen LogP contribution in [0, 0.1) is 0 Å². The van der Waals surface area contributed by atoms with Gasteiger partial charge in [0.05, 0.1) is 11.0 Å². The van der Waals surface area contributed by atoms with Crippen LogP contribution in [0.1, 0.15) is 75.3 Å². The number of rotatable bonds is 5. The van der Waals surface area contributed by atoms with Gasteiger partial charge in [0.15, 0.2) is 0 Å². The largest absolute Gasteiger partial charge is 0.309 e.